The maximum atomic E-state index is 13.2. The summed E-state index contributed by atoms with van der Waals surface area (Å²) in [6, 6.07) is 2.83. The molecule has 3 heteroatoms. The fourth-order valence-electron chi connectivity index (χ4n) is 1.24. The lowest BCUT2D eigenvalue weighted by atomic mass is 10.1. The first-order valence-electron chi connectivity index (χ1n) is 4.21. The van der Waals surface area contributed by atoms with Gasteiger partial charge in [0.25, 0.3) is 0 Å². The van der Waals surface area contributed by atoms with E-state index in [1.807, 2.05) is 6.92 Å². The standard InChI is InChI=1S/C10H12F2S/c1-3-4-7-5-8(11)10(13-2)9(12)6-7/h5-6H,3-4H2,1-2H3. The summed E-state index contributed by atoms with van der Waals surface area (Å²) in [4.78, 5) is 0.111. The summed E-state index contributed by atoms with van der Waals surface area (Å²) in [5.74, 6) is -0.896. The minimum atomic E-state index is -0.448. The summed E-state index contributed by atoms with van der Waals surface area (Å²) < 4.78 is 26.3. The van der Waals surface area contributed by atoms with Crippen molar-refractivity contribution in [1.29, 1.82) is 0 Å². The normalized spacial score (nSPS) is 10.5. The molecule has 0 radical (unpaired) electrons. The van der Waals surface area contributed by atoms with Gasteiger partial charge in [-0.1, -0.05) is 13.3 Å². The Balaban J connectivity index is 3.05. The number of halogens is 2. The van der Waals surface area contributed by atoms with E-state index in [-0.39, 0.29) is 4.90 Å². The van der Waals surface area contributed by atoms with Crippen LogP contribution in [0.3, 0.4) is 0 Å². The van der Waals surface area contributed by atoms with E-state index in [9.17, 15) is 8.78 Å². The highest BCUT2D eigenvalue weighted by atomic mass is 32.2. The predicted molar refractivity (Wildman–Crippen MR) is 52.1 cm³/mol. The van der Waals surface area contributed by atoms with Gasteiger partial charge in [0.05, 0.1) is 4.90 Å². The van der Waals surface area contributed by atoms with Crippen molar-refractivity contribution in [1.82, 2.24) is 0 Å². The van der Waals surface area contributed by atoms with Crippen LogP contribution in [0.5, 0.6) is 0 Å². The van der Waals surface area contributed by atoms with Gasteiger partial charge in [-0.2, -0.15) is 0 Å². The Kier molecular flexibility index (Phi) is 3.72. The van der Waals surface area contributed by atoms with Crippen LogP contribution in [0.15, 0.2) is 17.0 Å². The highest BCUT2D eigenvalue weighted by molar-refractivity contribution is 7.98. The molecule has 72 valence electrons. The Morgan fingerprint density at radius 3 is 2.15 bits per heavy atom. The van der Waals surface area contributed by atoms with Crippen molar-refractivity contribution < 1.29 is 8.78 Å². The van der Waals surface area contributed by atoms with E-state index < -0.39 is 11.6 Å². The zero-order valence-electron chi connectivity index (χ0n) is 7.73. The van der Waals surface area contributed by atoms with Crippen LogP contribution in [0, 0.1) is 11.6 Å². The second kappa shape index (κ2) is 4.61. The highest BCUT2D eigenvalue weighted by Crippen LogP contribution is 2.24. The van der Waals surface area contributed by atoms with Gasteiger partial charge in [0.2, 0.25) is 0 Å². The molecule has 0 fully saturated rings. The first kappa shape index (κ1) is 10.5. The maximum Gasteiger partial charge on any atom is 0.139 e. The summed E-state index contributed by atoms with van der Waals surface area (Å²) in [5.41, 5.74) is 0.732. The minimum absolute atomic E-state index is 0.111. The molecule has 0 aliphatic carbocycles. The van der Waals surface area contributed by atoms with Gasteiger partial charge < -0.3 is 0 Å². The van der Waals surface area contributed by atoms with Crippen LogP contribution in [0.2, 0.25) is 0 Å². The largest absolute Gasteiger partial charge is 0.206 e. The molecule has 1 aromatic carbocycles. The van der Waals surface area contributed by atoms with Gasteiger partial charge in [0.15, 0.2) is 0 Å². The smallest absolute Gasteiger partial charge is 0.139 e. The topological polar surface area (TPSA) is 0 Å². The van der Waals surface area contributed by atoms with Crippen LogP contribution in [-0.4, -0.2) is 6.26 Å². The van der Waals surface area contributed by atoms with Crippen LogP contribution < -0.4 is 0 Å². The van der Waals surface area contributed by atoms with Crippen molar-refractivity contribution in [3.05, 3.63) is 29.3 Å². The molecule has 0 nitrogen and oxygen atoms in total. The van der Waals surface area contributed by atoms with Gasteiger partial charge in [-0.05, 0) is 30.4 Å². The van der Waals surface area contributed by atoms with Crippen molar-refractivity contribution >= 4 is 11.8 Å². The van der Waals surface area contributed by atoms with Crippen molar-refractivity contribution in [2.45, 2.75) is 24.7 Å². The molecule has 0 aromatic heterocycles. The lowest BCUT2D eigenvalue weighted by Crippen LogP contribution is -1.92. The molecular formula is C10H12F2S. The molecule has 0 aliphatic rings. The first-order valence-corrected chi connectivity index (χ1v) is 5.43. The molecule has 0 saturated heterocycles. The number of aryl methyl sites for hydroxylation is 1. The van der Waals surface area contributed by atoms with E-state index in [0.29, 0.717) is 0 Å². The third-order valence-corrected chi connectivity index (χ3v) is 2.60. The molecule has 0 amide bonds. The van der Waals surface area contributed by atoms with E-state index in [0.717, 1.165) is 30.2 Å². The lowest BCUT2D eigenvalue weighted by Gasteiger charge is -2.04. The molecule has 0 N–H and O–H groups in total. The minimum Gasteiger partial charge on any atom is -0.206 e. The SMILES string of the molecule is CCCc1cc(F)c(SC)c(F)c1. The molecule has 1 aromatic rings. The predicted octanol–water partition coefficient (Wildman–Crippen LogP) is 3.64. The van der Waals surface area contributed by atoms with Crippen LogP contribution in [0.25, 0.3) is 0 Å². The average molecular weight is 202 g/mol. The molecule has 0 heterocycles. The zero-order valence-corrected chi connectivity index (χ0v) is 8.55. The van der Waals surface area contributed by atoms with Gasteiger partial charge in [-0.15, -0.1) is 11.8 Å². The maximum absolute atomic E-state index is 13.2. The number of rotatable bonds is 3. The van der Waals surface area contributed by atoms with Gasteiger partial charge >= 0.3 is 0 Å². The Hall–Kier alpha value is -0.570. The van der Waals surface area contributed by atoms with Gasteiger partial charge in [-0.3, -0.25) is 0 Å². The third kappa shape index (κ3) is 2.44. The van der Waals surface area contributed by atoms with Crippen molar-refractivity contribution in [2.75, 3.05) is 6.26 Å². The average Bonchev–Trinajstić information content (AvgIpc) is 2.04. The fraction of sp³-hybridized carbons (Fsp3) is 0.400. The summed E-state index contributed by atoms with van der Waals surface area (Å²) in [6.45, 7) is 1.98. The molecule has 1 rings (SSSR count). The molecular weight excluding hydrogens is 190 g/mol. The number of benzene rings is 1. The molecule has 0 atom stereocenters. The van der Waals surface area contributed by atoms with Crippen LogP contribution in [0.1, 0.15) is 18.9 Å². The lowest BCUT2D eigenvalue weighted by molar-refractivity contribution is 0.537. The number of hydrogen-bond acceptors (Lipinski definition) is 1. The number of thioether (sulfide) groups is 1. The summed E-state index contributed by atoms with van der Waals surface area (Å²) in [6.07, 6.45) is 3.29. The molecule has 0 bridgehead atoms. The van der Waals surface area contributed by atoms with Crippen molar-refractivity contribution in [3.63, 3.8) is 0 Å². The van der Waals surface area contributed by atoms with E-state index in [2.05, 4.69) is 0 Å². The molecule has 0 spiro atoms. The van der Waals surface area contributed by atoms with E-state index >= 15 is 0 Å². The highest BCUT2D eigenvalue weighted by Gasteiger charge is 2.09. The second-order valence-corrected chi connectivity index (χ2v) is 3.66. The first-order chi connectivity index (χ1) is 6.19. The second-order valence-electron chi connectivity index (χ2n) is 2.84. The van der Waals surface area contributed by atoms with Crippen LogP contribution >= 0.6 is 11.8 Å². The summed E-state index contributed by atoms with van der Waals surface area (Å²) >= 11 is 1.10. The van der Waals surface area contributed by atoms with E-state index in [4.69, 9.17) is 0 Å². The summed E-state index contributed by atoms with van der Waals surface area (Å²) in [7, 11) is 0. The Labute approximate surface area is 81.3 Å². The van der Waals surface area contributed by atoms with Gasteiger partial charge in [0.1, 0.15) is 11.6 Å². The van der Waals surface area contributed by atoms with Crippen LogP contribution in [0.4, 0.5) is 8.78 Å². The third-order valence-electron chi connectivity index (χ3n) is 1.80. The Morgan fingerprint density at radius 1 is 1.23 bits per heavy atom. The van der Waals surface area contributed by atoms with Crippen LogP contribution in [-0.2, 0) is 6.42 Å². The molecule has 0 saturated carbocycles. The van der Waals surface area contributed by atoms with Crippen molar-refractivity contribution in [3.8, 4) is 0 Å². The monoisotopic (exact) mass is 202 g/mol. The van der Waals surface area contributed by atoms with Crippen molar-refractivity contribution in [2.24, 2.45) is 0 Å². The Bertz CT molecular complexity index is 274. The Morgan fingerprint density at radius 2 is 1.77 bits per heavy atom. The summed E-state index contributed by atoms with van der Waals surface area (Å²) in [5, 5.41) is 0. The fourth-order valence-corrected chi connectivity index (χ4v) is 1.75. The molecule has 13 heavy (non-hydrogen) atoms. The van der Waals surface area contributed by atoms with E-state index in [1.54, 1.807) is 6.26 Å². The molecule has 0 aliphatic heterocycles. The molecule has 0 unspecified atom stereocenters. The van der Waals surface area contributed by atoms with E-state index in [1.165, 1.54) is 12.1 Å². The quantitative estimate of drug-likeness (QED) is 0.674. The van der Waals surface area contributed by atoms with Gasteiger partial charge in [0, 0.05) is 0 Å². The number of hydrogen-bond donors (Lipinski definition) is 0. The van der Waals surface area contributed by atoms with Gasteiger partial charge in [-0.25, -0.2) is 8.78 Å². The zero-order chi connectivity index (χ0) is 9.84.